The number of aromatic nitrogens is 2. The van der Waals surface area contributed by atoms with Gasteiger partial charge in [-0.15, -0.1) is 22.7 Å². The zero-order valence-corrected chi connectivity index (χ0v) is 13.9. The first-order chi connectivity index (χ1) is 11.2. The highest BCUT2D eigenvalue weighted by atomic mass is 32.1. The number of aryl methyl sites for hydroxylation is 2. The third-order valence-corrected chi connectivity index (χ3v) is 5.88. The number of hydrogen-bond donors (Lipinski definition) is 0. The molecule has 0 spiro atoms. The maximum absolute atomic E-state index is 12.4. The first kappa shape index (κ1) is 14.6. The highest BCUT2D eigenvalue weighted by molar-refractivity contribution is 7.17. The van der Waals surface area contributed by atoms with E-state index >= 15 is 0 Å². The maximum Gasteiger partial charge on any atom is 0.348 e. The van der Waals surface area contributed by atoms with Crippen molar-refractivity contribution in [1.82, 2.24) is 9.38 Å². The number of carbonyl (C=O) groups is 1. The molecule has 0 atom stereocenters. The molecular weight excluding hydrogens is 332 g/mol. The van der Waals surface area contributed by atoms with Gasteiger partial charge in [-0.3, -0.25) is 9.20 Å². The van der Waals surface area contributed by atoms with Gasteiger partial charge in [-0.2, -0.15) is 0 Å². The van der Waals surface area contributed by atoms with Gasteiger partial charge in [-0.05, 0) is 37.1 Å². The van der Waals surface area contributed by atoms with E-state index in [0.717, 1.165) is 25.0 Å². The van der Waals surface area contributed by atoms with Crippen LogP contribution in [0, 0.1) is 0 Å². The molecule has 0 unspecified atom stereocenters. The summed E-state index contributed by atoms with van der Waals surface area (Å²) in [4.78, 5) is 31.3. The summed E-state index contributed by atoms with van der Waals surface area (Å²) in [5.74, 6) is -0.382. The van der Waals surface area contributed by atoms with E-state index in [0.29, 0.717) is 15.5 Å². The van der Waals surface area contributed by atoms with E-state index in [4.69, 9.17) is 4.74 Å². The van der Waals surface area contributed by atoms with Crippen LogP contribution in [0.5, 0.6) is 0 Å². The number of esters is 1. The predicted molar refractivity (Wildman–Crippen MR) is 89.4 cm³/mol. The van der Waals surface area contributed by atoms with Crippen molar-refractivity contribution in [2.45, 2.75) is 32.3 Å². The molecule has 0 fully saturated rings. The molecule has 0 aliphatic heterocycles. The summed E-state index contributed by atoms with van der Waals surface area (Å²) in [5, 5.41) is 1.82. The molecule has 0 N–H and O–H groups in total. The first-order valence-corrected chi connectivity index (χ1v) is 9.16. The van der Waals surface area contributed by atoms with Crippen LogP contribution in [-0.2, 0) is 24.2 Å². The molecule has 7 heteroatoms. The average Bonchev–Trinajstić information content (AvgIpc) is 3.19. The molecule has 0 saturated heterocycles. The van der Waals surface area contributed by atoms with Gasteiger partial charge in [0.25, 0.3) is 5.56 Å². The summed E-state index contributed by atoms with van der Waals surface area (Å²) in [6, 6.07) is 4.98. The van der Waals surface area contributed by atoms with Crippen molar-refractivity contribution in [3.05, 3.63) is 55.1 Å². The van der Waals surface area contributed by atoms with Gasteiger partial charge >= 0.3 is 5.97 Å². The van der Waals surface area contributed by atoms with Crippen LogP contribution in [0.2, 0.25) is 0 Å². The van der Waals surface area contributed by atoms with E-state index in [-0.39, 0.29) is 18.1 Å². The van der Waals surface area contributed by atoms with Crippen molar-refractivity contribution in [2.75, 3.05) is 0 Å². The largest absolute Gasteiger partial charge is 0.455 e. The van der Waals surface area contributed by atoms with Crippen LogP contribution < -0.4 is 5.56 Å². The molecule has 0 bridgehead atoms. The molecule has 23 heavy (non-hydrogen) atoms. The fourth-order valence-corrected chi connectivity index (χ4v) is 4.67. The number of thiazole rings is 1. The zero-order valence-electron chi connectivity index (χ0n) is 12.3. The minimum absolute atomic E-state index is 0.0189. The lowest BCUT2D eigenvalue weighted by Gasteiger charge is -2.10. The molecule has 0 saturated carbocycles. The van der Waals surface area contributed by atoms with Crippen LogP contribution in [0.4, 0.5) is 0 Å². The van der Waals surface area contributed by atoms with Crippen LogP contribution in [-0.4, -0.2) is 15.4 Å². The van der Waals surface area contributed by atoms with Gasteiger partial charge in [-0.1, -0.05) is 6.07 Å². The monoisotopic (exact) mass is 346 g/mol. The number of thiophene rings is 1. The molecule has 3 heterocycles. The van der Waals surface area contributed by atoms with Crippen molar-refractivity contribution in [3.63, 3.8) is 0 Å². The fourth-order valence-electron chi connectivity index (χ4n) is 2.82. The van der Waals surface area contributed by atoms with Crippen LogP contribution >= 0.6 is 22.7 Å². The van der Waals surface area contributed by atoms with E-state index in [1.54, 1.807) is 27.9 Å². The van der Waals surface area contributed by atoms with Crippen LogP contribution in [0.15, 0.2) is 28.4 Å². The van der Waals surface area contributed by atoms with Crippen molar-refractivity contribution in [2.24, 2.45) is 0 Å². The smallest absolute Gasteiger partial charge is 0.348 e. The Morgan fingerprint density at radius 2 is 2.22 bits per heavy atom. The molecule has 1 aliphatic rings. The topological polar surface area (TPSA) is 60.7 Å². The molecule has 118 valence electrons. The lowest BCUT2D eigenvalue weighted by atomic mass is 10.0. The second-order valence-electron chi connectivity index (χ2n) is 5.44. The highest BCUT2D eigenvalue weighted by Gasteiger charge is 2.18. The molecule has 0 radical (unpaired) electrons. The second kappa shape index (κ2) is 5.90. The van der Waals surface area contributed by atoms with E-state index < -0.39 is 0 Å². The Labute approximate surface area is 140 Å². The van der Waals surface area contributed by atoms with Gasteiger partial charge < -0.3 is 4.74 Å². The maximum atomic E-state index is 12.4. The zero-order chi connectivity index (χ0) is 15.8. The summed E-state index contributed by atoms with van der Waals surface area (Å²) >= 11 is 2.90. The summed E-state index contributed by atoms with van der Waals surface area (Å²) in [6.45, 7) is 0.0189. The van der Waals surface area contributed by atoms with Gasteiger partial charge in [0.05, 0.1) is 5.69 Å². The van der Waals surface area contributed by atoms with Gasteiger partial charge in [0, 0.05) is 16.6 Å². The number of rotatable bonds is 3. The van der Waals surface area contributed by atoms with Crippen molar-refractivity contribution in [3.8, 4) is 0 Å². The minimum Gasteiger partial charge on any atom is -0.455 e. The summed E-state index contributed by atoms with van der Waals surface area (Å²) < 4.78 is 6.96. The van der Waals surface area contributed by atoms with E-state index in [9.17, 15) is 9.59 Å². The number of fused-ring (bicyclic) bond motifs is 3. The summed E-state index contributed by atoms with van der Waals surface area (Å²) in [5.41, 5.74) is 1.52. The van der Waals surface area contributed by atoms with E-state index in [1.165, 1.54) is 28.7 Å². The van der Waals surface area contributed by atoms with Crippen LogP contribution in [0.1, 0.15) is 38.8 Å². The normalized spacial score (nSPS) is 13.9. The summed E-state index contributed by atoms with van der Waals surface area (Å²) in [7, 11) is 0. The third kappa shape index (κ3) is 2.70. The van der Waals surface area contributed by atoms with E-state index in [1.807, 2.05) is 5.38 Å². The molecule has 0 amide bonds. The van der Waals surface area contributed by atoms with Gasteiger partial charge in [0.1, 0.15) is 11.5 Å². The Balaban J connectivity index is 1.61. The Bertz CT molecular complexity index is 925. The van der Waals surface area contributed by atoms with Crippen molar-refractivity contribution < 1.29 is 9.53 Å². The molecular formula is C16H14N2O3S2. The van der Waals surface area contributed by atoms with Crippen molar-refractivity contribution >= 4 is 33.6 Å². The fraction of sp³-hybridized carbons (Fsp3) is 0.312. The summed E-state index contributed by atoms with van der Waals surface area (Å²) in [6.07, 6.45) is 4.24. The first-order valence-electron chi connectivity index (χ1n) is 7.46. The third-order valence-electron chi connectivity index (χ3n) is 3.89. The predicted octanol–water partition coefficient (Wildman–Crippen LogP) is 3.05. The molecule has 3 aromatic rings. The highest BCUT2D eigenvalue weighted by Crippen LogP contribution is 2.28. The minimum atomic E-state index is -0.382. The molecule has 4 rings (SSSR count). The number of nitrogens with zero attached hydrogens (tertiary/aromatic N) is 2. The lowest BCUT2D eigenvalue weighted by molar-refractivity contribution is 0.0473. The molecule has 3 aromatic heterocycles. The van der Waals surface area contributed by atoms with Crippen LogP contribution in [0.3, 0.4) is 0 Å². The number of hydrogen-bond acceptors (Lipinski definition) is 6. The Morgan fingerprint density at radius 1 is 1.35 bits per heavy atom. The number of carbonyl (C=O) groups excluding carboxylic acids is 1. The van der Waals surface area contributed by atoms with E-state index in [2.05, 4.69) is 4.98 Å². The van der Waals surface area contributed by atoms with Crippen LogP contribution in [0.25, 0.3) is 4.96 Å². The molecule has 5 nitrogen and oxygen atoms in total. The quantitative estimate of drug-likeness (QED) is 0.684. The molecule has 0 aromatic carbocycles. The molecule has 1 aliphatic carbocycles. The second-order valence-corrected chi connectivity index (χ2v) is 7.45. The van der Waals surface area contributed by atoms with Gasteiger partial charge in [0.2, 0.25) is 0 Å². The Hall–Kier alpha value is -1.99. The van der Waals surface area contributed by atoms with Gasteiger partial charge in [0.15, 0.2) is 4.96 Å². The van der Waals surface area contributed by atoms with Crippen molar-refractivity contribution in [1.29, 1.82) is 0 Å². The average molecular weight is 346 g/mol. The van der Waals surface area contributed by atoms with Gasteiger partial charge in [-0.25, -0.2) is 9.78 Å². The Kier molecular flexibility index (Phi) is 3.74. The SMILES string of the molecule is O=C(OCc1cc(=O)n2c3c(sc2n1)CCCC3)c1cccs1. The standard InChI is InChI=1S/C16H14N2O3S2/c19-14-8-10(9-21-15(20)13-6-3-7-22-13)17-16-18(14)11-4-1-2-5-12(11)23-16/h3,6-8H,1-2,4-5,9H2. The lowest BCUT2D eigenvalue weighted by Crippen LogP contribution is -2.18. The Morgan fingerprint density at radius 3 is 3.04 bits per heavy atom. The number of ether oxygens (including phenoxy) is 1.